The largest absolute Gasteiger partial charge is 0.484 e. The van der Waals surface area contributed by atoms with E-state index in [1.165, 1.54) is 10.4 Å². The van der Waals surface area contributed by atoms with Crippen molar-refractivity contribution in [3.63, 3.8) is 0 Å². The van der Waals surface area contributed by atoms with E-state index in [1.807, 2.05) is 0 Å². The van der Waals surface area contributed by atoms with Crippen LogP contribution in [-0.2, 0) is 14.8 Å². The number of piperidine rings is 1. The number of halogens is 1. The topological polar surface area (TPSA) is 75.7 Å². The Morgan fingerprint density at radius 2 is 1.79 bits per heavy atom. The Morgan fingerprint density at radius 1 is 1.11 bits per heavy atom. The number of anilines is 1. The fourth-order valence-corrected chi connectivity index (χ4v) is 4.97. The van der Waals surface area contributed by atoms with Crippen LogP contribution in [0.4, 0.5) is 5.69 Å². The highest BCUT2D eigenvalue weighted by Gasteiger charge is 2.27. The smallest absolute Gasteiger partial charge is 0.262 e. The van der Waals surface area contributed by atoms with Crippen LogP contribution in [-0.4, -0.2) is 38.3 Å². The van der Waals surface area contributed by atoms with E-state index in [9.17, 15) is 13.2 Å². The highest BCUT2D eigenvalue weighted by molar-refractivity contribution is 7.89. The van der Waals surface area contributed by atoms with Gasteiger partial charge >= 0.3 is 0 Å². The third kappa shape index (κ3) is 5.04. The maximum Gasteiger partial charge on any atom is 0.262 e. The third-order valence-corrected chi connectivity index (χ3v) is 6.88. The van der Waals surface area contributed by atoms with E-state index < -0.39 is 10.0 Å². The van der Waals surface area contributed by atoms with E-state index in [1.54, 1.807) is 43.3 Å². The lowest BCUT2D eigenvalue weighted by molar-refractivity contribution is -0.118. The highest BCUT2D eigenvalue weighted by atomic mass is 35.5. The predicted molar refractivity (Wildman–Crippen MR) is 109 cm³/mol. The van der Waals surface area contributed by atoms with E-state index in [0.717, 1.165) is 19.3 Å². The van der Waals surface area contributed by atoms with Crippen LogP contribution in [0.3, 0.4) is 0 Å². The molecule has 0 bridgehead atoms. The van der Waals surface area contributed by atoms with Crippen molar-refractivity contribution in [2.75, 3.05) is 25.0 Å². The zero-order valence-electron chi connectivity index (χ0n) is 15.7. The van der Waals surface area contributed by atoms with Crippen LogP contribution in [0.15, 0.2) is 47.4 Å². The number of rotatable bonds is 6. The van der Waals surface area contributed by atoms with E-state index in [-0.39, 0.29) is 17.4 Å². The van der Waals surface area contributed by atoms with Crippen LogP contribution >= 0.6 is 11.6 Å². The van der Waals surface area contributed by atoms with Gasteiger partial charge in [0.2, 0.25) is 10.0 Å². The van der Waals surface area contributed by atoms with Crippen molar-refractivity contribution in [2.24, 2.45) is 0 Å². The maximum atomic E-state index is 13.0. The third-order valence-electron chi connectivity index (χ3n) is 4.59. The van der Waals surface area contributed by atoms with Gasteiger partial charge in [-0.25, -0.2) is 8.42 Å². The number of hydrogen-bond donors (Lipinski definition) is 1. The molecule has 1 N–H and O–H groups in total. The number of aryl methyl sites for hydroxylation is 1. The Kier molecular flexibility index (Phi) is 6.59. The molecule has 2 aromatic rings. The standard InChI is InChI=1S/C20H23ClN2O4S/c1-15-5-8-17(13-19(15)28(25,26)23-11-3-2-4-12-23)22-20(24)14-27-18-9-6-16(21)7-10-18/h5-10,13H,2-4,11-12,14H2,1H3,(H,22,24). The van der Waals surface area contributed by atoms with Crippen molar-refractivity contribution in [1.29, 1.82) is 0 Å². The molecule has 0 aliphatic carbocycles. The molecule has 1 heterocycles. The molecular formula is C20H23ClN2O4S. The summed E-state index contributed by atoms with van der Waals surface area (Å²) in [7, 11) is -3.57. The first-order valence-electron chi connectivity index (χ1n) is 9.15. The summed E-state index contributed by atoms with van der Waals surface area (Å²) in [5, 5.41) is 3.28. The van der Waals surface area contributed by atoms with E-state index in [2.05, 4.69) is 5.32 Å². The van der Waals surface area contributed by atoms with E-state index >= 15 is 0 Å². The number of hydrogen-bond acceptors (Lipinski definition) is 4. The number of nitrogens with zero attached hydrogens (tertiary/aromatic N) is 1. The Morgan fingerprint density at radius 3 is 2.46 bits per heavy atom. The summed E-state index contributed by atoms with van der Waals surface area (Å²) in [5.74, 6) is 0.150. The Balaban J connectivity index is 1.68. The number of carbonyl (C=O) groups is 1. The number of carbonyl (C=O) groups excluding carboxylic acids is 1. The molecule has 8 heteroatoms. The molecule has 1 aliphatic rings. The van der Waals surface area contributed by atoms with Crippen LogP contribution in [0.25, 0.3) is 0 Å². The summed E-state index contributed by atoms with van der Waals surface area (Å²) in [4.78, 5) is 12.4. The van der Waals surface area contributed by atoms with Crippen LogP contribution in [0, 0.1) is 6.92 Å². The van der Waals surface area contributed by atoms with Gasteiger partial charge in [0.15, 0.2) is 6.61 Å². The quantitative estimate of drug-likeness (QED) is 0.767. The van der Waals surface area contributed by atoms with Crippen molar-refractivity contribution in [3.05, 3.63) is 53.1 Å². The summed E-state index contributed by atoms with van der Waals surface area (Å²) in [6, 6.07) is 11.6. The molecule has 150 valence electrons. The van der Waals surface area contributed by atoms with Gasteiger partial charge in [0.1, 0.15) is 5.75 Å². The van der Waals surface area contributed by atoms with Gasteiger partial charge in [0, 0.05) is 23.8 Å². The number of amides is 1. The van der Waals surface area contributed by atoms with Crippen LogP contribution in [0.2, 0.25) is 5.02 Å². The van der Waals surface area contributed by atoms with Gasteiger partial charge in [-0.2, -0.15) is 4.31 Å². The number of nitrogens with one attached hydrogen (secondary N) is 1. The fourth-order valence-electron chi connectivity index (χ4n) is 3.08. The predicted octanol–water partition coefficient (Wildman–Crippen LogP) is 3.84. The van der Waals surface area contributed by atoms with Crippen molar-refractivity contribution in [1.82, 2.24) is 4.31 Å². The molecule has 0 saturated carbocycles. The number of sulfonamides is 1. The van der Waals surface area contributed by atoms with Gasteiger partial charge in [-0.05, 0) is 61.7 Å². The molecule has 1 amide bonds. The van der Waals surface area contributed by atoms with Crippen LogP contribution in [0.1, 0.15) is 24.8 Å². The van der Waals surface area contributed by atoms with E-state index in [4.69, 9.17) is 16.3 Å². The van der Waals surface area contributed by atoms with Gasteiger partial charge in [-0.1, -0.05) is 24.1 Å². The summed E-state index contributed by atoms with van der Waals surface area (Å²) in [6.07, 6.45) is 2.79. The normalized spacial score (nSPS) is 15.2. The van der Waals surface area contributed by atoms with E-state index in [0.29, 0.717) is 35.1 Å². The minimum Gasteiger partial charge on any atom is -0.484 e. The fraction of sp³-hybridized carbons (Fsp3) is 0.350. The molecule has 2 aromatic carbocycles. The lowest BCUT2D eigenvalue weighted by Crippen LogP contribution is -2.36. The molecule has 0 unspecified atom stereocenters. The highest BCUT2D eigenvalue weighted by Crippen LogP contribution is 2.26. The average molecular weight is 423 g/mol. The lowest BCUT2D eigenvalue weighted by atomic mass is 10.2. The Hall–Kier alpha value is -2.09. The van der Waals surface area contributed by atoms with Crippen molar-refractivity contribution < 1.29 is 17.9 Å². The summed E-state index contributed by atoms with van der Waals surface area (Å²) in [6.45, 7) is 2.64. The van der Waals surface area contributed by atoms with Crippen molar-refractivity contribution in [3.8, 4) is 5.75 Å². The maximum absolute atomic E-state index is 13.0. The minimum atomic E-state index is -3.57. The van der Waals surface area contributed by atoms with Gasteiger partial charge in [0.05, 0.1) is 4.90 Å². The lowest BCUT2D eigenvalue weighted by Gasteiger charge is -2.26. The molecule has 1 fully saturated rings. The van der Waals surface area contributed by atoms with Gasteiger partial charge in [-0.15, -0.1) is 0 Å². The molecule has 28 heavy (non-hydrogen) atoms. The van der Waals surface area contributed by atoms with Gasteiger partial charge in [0.25, 0.3) is 5.91 Å². The Bertz CT molecular complexity index is 939. The summed E-state index contributed by atoms with van der Waals surface area (Å²) < 4.78 is 32.9. The average Bonchev–Trinajstić information content (AvgIpc) is 2.69. The molecule has 0 spiro atoms. The van der Waals surface area contributed by atoms with Crippen LogP contribution < -0.4 is 10.1 Å². The monoisotopic (exact) mass is 422 g/mol. The zero-order valence-corrected chi connectivity index (χ0v) is 17.2. The van der Waals surface area contributed by atoms with Crippen molar-refractivity contribution in [2.45, 2.75) is 31.1 Å². The van der Waals surface area contributed by atoms with Gasteiger partial charge < -0.3 is 10.1 Å². The molecular weight excluding hydrogens is 400 g/mol. The number of benzene rings is 2. The summed E-state index contributed by atoms with van der Waals surface area (Å²) in [5.41, 5.74) is 1.08. The second-order valence-corrected chi connectivity index (χ2v) is 9.08. The molecule has 1 saturated heterocycles. The molecule has 0 aromatic heterocycles. The molecule has 1 aliphatic heterocycles. The first-order valence-corrected chi connectivity index (χ1v) is 11.0. The molecule has 0 radical (unpaired) electrons. The minimum absolute atomic E-state index is 0.191. The second kappa shape index (κ2) is 8.94. The van der Waals surface area contributed by atoms with Gasteiger partial charge in [-0.3, -0.25) is 4.79 Å². The zero-order chi connectivity index (χ0) is 20.1. The van der Waals surface area contributed by atoms with Crippen molar-refractivity contribution >= 4 is 33.2 Å². The molecule has 0 atom stereocenters. The Labute approximate surface area is 170 Å². The second-order valence-electron chi connectivity index (χ2n) is 6.74. The summed E-state index contributed by atoms with van der Waals surface area (Å²) >= 11 is 5.81. The first-order chi connectivity index (χ1) is 13.4. The molecule has 6 nitrogen and oxygen atoms in total. The first kappa shape index (κ1) is 20.6. The number of ether oxygens (including phenoxy) is 1. The SMILES string of the molecule is Cc1ccc(NC(=O)COc2ccc(Cl)cc2)cc1S(=O)(=O)N1CCCCC1. The molecule has 3 rings (SSSR count). The van der Waals surface area contributed by atoms with Crippen LogP contribution in [0.5, 0.6) is 5.75 Å².